The van der Waals surface area contributed by atoms with Gasteiger partial charge in [-0.2, -0.15) is 5.10 Å². The van der Waals surface area contributed by atoms with Gasteiger partial charge in [-0.15, -0.1) is 0 Å². The molecule has 0 saturated carbocycles. The molecule has 0 aliphatic rings. The molecule has 0 bridgehead atoms. The van der Waals surface area contributed by atoms with Gasteiger partial charge in [0.25, 0.3) is 0 Å². The van der Waals surface area contributed by atoms with Crippen LogP contribution in [0.5, 0.6) is 0 Å². The highest BCUT2D eigenvalue weighted by Crippen LogP contribution is 2.35. The average Bonchev–Trinajstić information content (AvgIpc) is 3.02. The van der Waals surface area contributed by atoms with Crippen molar-refractivity contribution < 1.29 is 4.79 Å². The zero-order valence-corrected chi connectivity index (χ0v) is 12.4. The number of hydrogen-bond donors (Lipinski definition) is 2. The number of carbonyl (C=O) groups excluding carboxylic acids is 1. The molecule has 0 spiro atoms. The van der Waals surface area contributed by atoms with E-state index < -0.39 is 5.91 Å². The number of aromatic amines is 1. The molecule has 2 aromatic carbocycles. The molecule has 23 heavy (non-hydrogen) atoms. The van der Waals surface area contributed by atoms with Crippen LogP contribution in [0.3, 0.4) is 0 Å². The number of nitrogens with zero attached hydrogens (tertiary/aromatic N) is 3. The van der Waals surface area contributed by atoms with E-state index >= 15 is 0 Å². The Bertz CT molecular complexity index is 1070. The van der Waals surface area contributed by atoms with Crippen LogP contribution in [0.4, 0.5) is 0 Å². The largest absolute Gasteiger partial charge is 0.366 e. The third-order valence-corrected chi connectivity index (χ3v) is 3.96. The standard InChI is InChI=1S/C17H13N5O/c1-9-2-3-13-12(8-21-22-13)15(9)11-6-10(17(18)23)7-14-16(11)20-5-4-19-14/h2-8H,1H3,(H2,18,23)(H,21,22). The average molecular weight is 303 g/mol. The summed E-state index contributed by atoms with van der Waals surface area (Å²) in [6.07, 6.45) is 5.01. The van der Waals surface area contributed by atoms with E-state index in [0.717, 1.165) is 33.1 Å². The molecular weight excluding hydrogens is 290 g/mol. The maximum atomic E-state index is 11.7. The van der Waals surface area contributed by atoms with Crippen molar-refractivity contribution in [1.82, 2.24) is 20.2 Å². The van der Waals surface area contributed by atoms with Gasteiger partial charge in [-0.1, -0.05) is 6.07 Å². The number of carbonyl (C=O) groups is 1. The van der Waals surface area contributed by atoms with Gasteiger partial charge in [-0.3, -0.25) is 19.9 Å². The van der Waals surface area contributed by atoms with Gasteiger partial charge in [0.15, 0.2) is 0 Å². The molecule has 112 valence electrons. The summed E-state index contributed by atoms with van der Waals surface area (Å²) in [6.45, 7) is 2.01. The Morgan fingerprint density at radius 3 is 2.83 bits per heavy atom. The van der Waals surface area contributed by atoms with E-state index in [0.29, 0.717) is 11.1 Å². The number of nitrogens with one attached hydrogen (secondary N) is 1. The van der Waals surface area contributed by atoms with E-state index in [9.17, 15) is 4.79 Å². The molecule has 0 aliphatic carbocycles. The van der Waals surface area contributed by atoms with Crippen LogP contribution in [-0.4, -0.2) is 26.1 Å². The van der Waals surface area contributed by atoms with E-state index in [4.69, 9.17) is 5.73 Å². The van der Waals surface area contributed by atoms with Crippen LogP contribution in [0.2, 0.25) is 0 Å². The number of benzene rings is 2. The monoisotopic (exact) mass is 303 g/mol. The summed E-state index contributed by atoms with van der Waals surface area (Å²) in [4.78, 5) is 20.4. The molecule has 0 fully saturated rings. The first-order chi connectivity index (χ1) is 11.1. The van der Waals surface area contributed by atoms with Gasteiger partial charge >= 0.3 is 0 Å². The Labute approximate surface area is 131 Å². The first-order valence-electron chi connectivity index (χ1n) is 7.13. The minimum atomic E-state index is -0.490. The van der Waals surface area contributed by atoms with Crippen LogP contribution in [0.25, 0.3) is 33.1 Å². The van der Waals surface area contributed by atoms with E-state index in [1.807, 2.05) is 19.1 Å². The fraction of sp³-hybridized carbons (Fsp3) is 0.0588. The highest BCUT2D eigenvalue weighted by Gasteiger charge is 2.16. The molecule has 0 unspecified atom stereocenters. The molecule has 2 heterocycles. The predicted molar refractivity (Wildman–Crippen MR) is 87.9 cm³/mol. The lowest BCUT2D eigenvalue weighted by Crippen LogP contribution is -2.11. The maximum Gasteiger partial charge on any atom is 0.248 e. The molecule has 0 saturated heterocycles. The predicted octanol–water partition coefficient (Wildman–Crippen LogP) is 2.58. The normalized spacial score (nSPS) is 11.2. The number of fused-ring (bicyclic) bond motifs is 2. The lowest BCUT2D eigenvalue weighted by molar-refractivity contribution is 0.100. The van der Waals surface area contributed by atoms with Crippen LogP contribution in [0, 0.1) is 6.92 Å². The fourth-order valence-electron chi connectivity index (χ4n) is 2.89. The van der Waals surface area contributed by atoms with Gasteiger partial charge in [-0.05, 0) is 36.2 Å². The van der Waals surface area contributed by atoms with Crippen molar-refractivity contribution in [3.05, 3.63) is 54.0 Å². The SMILES string of the molecule is Cc1ccc2[nH]ncc2c1-c1cc(C(N)=O)cc2nccnc12. The quantitative estimate of drug-likeness (QED) is 0.594. The summed E-state index contributed by atoms with van der Waals surface area (Å²) in [5.41, 5.74) is 11.0. The Morgan fingerprint density at radius 2 is 2.00 bits per heavy atom. The van der Waals surface area contributed by atoms with Gasteiger partial charge in [0.1, 0.15) is 0 Å². The fourth-order valence-corrected chi connectivity index (χ4v) is 2.89. The second-order valence-electron chi connectivity index (χ2n) is 5.40. The summed E-state index contributed by atoms with van der Waals surface area (Å²) in [5, 5.41) is 8.05. The number of aryl methyl sites for hydroxylation is 1. The van der Waals surface area contributed by atoms with Crippen LogP contribution in [0.15, 0.2) is 42.9 Å². The molecular formula is C17H13N5O. The zero-order chi connectivity index (χ0) is 16.0. The van der Waals surface area contributed by atoms with Crippen LogP contribution >= 0.6 is 0 Å². The van der Waals surface area contributed by atoms with E-state index in [1.54, 1.807) is 30.7 Å². The van der Waals surface area contributed by atoms with Crippen molar-refractivity contribution in [3.8, 4) is 11.1 Å². The number of H-pyrrole nitrogens is 1. The summed E-state index contributed by atoms with van der Waals surface area (Å²) in [7, 11) is 0. The van der Waals surface area contributed by atoms with Crippen LogP contribution < -0.4 is 5.73 Å². The van der Waals surface area contributed by atoms with Crippen molar-refractivity contribution in [1.29, 1.82) is 0 Å². The number of rotatable bonds is 2. The molecule has 0 aliphatic heterocycles. The number of aromatic nitrogens is 4. The molecule has 2 aromatic heterocycles. The lowest BCUT2D eigenvalue weighted by atomic mass is 9.94. The number of nitrogens with two attached hydrogens (primary N) is 1. The highest BCUT2D eigenvalue weighted by molar-refractivity contribution is 6.07. The maximum absolute atomic E-state index is 11.7. The zero-order valence-electron chi connectivity index (χ0n) is 12.4. The Hall–Kier alpha value is -3.28. The molecule has 0 atom stereocenters. The minimum Gasteiger partial charge on any atom is -0.366 e. The van der Waals surface area contributed by atoms with Gasteiger partial charge in [0.05, 0.1) is 22.7 Å². The number of primary amides is 1. The first-order valence-corrected chi connectivity index (χ1v) is 7.13. The molecule has 4 aromatic rings. The van der Waals surface area contributed by atoms with Gasteiger partial charge in [-0.25, -0.2) is 0 Å². The molecule has 3 N–H and O–H groups in total. The molecule has 0 radical (unpaired) electrons. The van der Waals surface area contributed by atoms with Gasteiger partial charge in [0, 0.05) is 28.9 Å². The van der Waals surface area contributed by atoms with Crippen molar-refractivity contribution in [2.45, 2.75) is 6.92 Å². The van der Waals surface area contributed by atoms with Crippen LogP contribution in [-0.2, 0) is 0 Å². The molecule has 4 rings (SSSR count). The second kappa shape index (κ2) is 4.88. The smallest absolute Gasteiger partial charge is 0.248 e. The van der Waals surface area contributed by atoms with E-state index in [-0.39, 0.29) is 0 Å². The number of amides is 1. The number of hydrogen-bond acceptors (Lipinski definition) is 4. The Balaban J connectivity index is 2.17. The third kappa shape index (κ3) is 2.03. The van der Waals surface area contributed by atoms with Crippen molar-refractivity contribution >= 4 is 27.8 Å². The van der Waals surface area contributed by atoms with Crippen molar-refractivity contribution in [3.63, 3.8) is 0 Å². The highest BCUT2D eigenvalue weighted by atomic mass is 16.1. The lowest BCUT2D eigenvalue weighted by Gasteiger charge is -2.11. The Kier molecular flexibility index (Phi) is 2.84. The molecule has 6 heteroatoms. The van der Waals surface area contributed by atoms with E-state index in [1.165, 1.54) is 0 Å². The topological polar surface area (TPSA) is 97.6 Å². The summed E-state index contributed by atoms with van der Waals surface area (Å²) in [6, 6.07) is 7.43. The second-order valence-corrected chi connectivity index (χ2v) is 5.40. The van der Waals surface area contributed by atoms with Crippen molar-refractivity contribution in [2.24, 2.45) is 5.73 Å². The molecule has 1 amide bonds. The summed E-state index contributed by atoms with van der Waals surface area (Å²) in [5.74, 6) is -0.490. The summed E-state index contributed by atoms with van der Waals surface area (Å²) >= 11 is 0. The van der Waals surface area contributed by atoms with Gasteiger partial charge < -0.3 is 5.73 Å². The first kappa shape index (κ1) is 13.4. The summed E-state index contributed by atoms with van der Waals surface area (Å²) < 4.78 is 0. The van der Waals surface area contributed by atoms with Gasteiger partial charge in [0.2, 0.25) is 5.91 Å². The molecule has 6 nitrogen and oxygen atoms in total. The Morgan fingerprint density at radius 1 is 1.17 bits per heavy atom. The van der Waals surface area contributed by atoms with Crippen LogP contribution in [0.1, 0.15) is 15.9 Å². The van der Waals surface area contributed by atoms with E-state index in [2.05, 4.69) is 20.2 Å². The van der Waals surface area contributed by atoms with Crippen molar-refractivity contribution in [2.75, 3.05) is 0 Å². The minimum absolute atomic E-state index is 0.410. The third-order valence-electron chi connectivity index (χ3n) is 3.96.